The lowest BCUT2D eigenvalue weighted by atomic mass is 10.0. The van der Waals surface area contributed by atoms with Crippen molar-refractivity contribution in [3.63, 3.8) is 0 Å². The number of aryl methyl sites for hydroxylation is 3. The second kappa shape index (κ2) is 5.91. The SMILES string of the molecule is Cc1cc2occ(CC(=O)N(C)Cc3cnn(C)c3)c2cc1C. The van der Waals surface area contributed by atoms with Crippen molar-refractivity contribution in [2.24, 2.45) is 7.05 Å². The Morgan fingerprint density at radius 2 is 2.04 bits per heavy atom. The monoisotopic (exact) mass is 311 g/mol. The molecule has 0 atom stereocenters. The van der Waals surface area contributed by atoms with Crippen molar-refractivity contribution in [3.05, 3.63) is 53.0 Å². The number of aromatic nitrogens is 2. The molecule has 5 heteroatoms. The van der Waals surface area contributed by atoms with Gasteiger partial charge in [-0.2, -0.15) is 5.10 Å². The molecule has 0 saturated heterocycles. The highest BCUT2D eigenvalue weighted by atomic mass is 16.3. The van der Waals surface area contributed by atoms with Gasteiger partial charge in [0.25, 0.3) is 0 Å². The molecule has 1 aromatic carbocycles. The van der Waals surface area contributed by atoms with Crippen LogP contribution in [0.15, 0.2) is 35.2 Å². The van der Waals surface area contributed by atoms with Gasteiger partial charge in [0.2, 0.25) is 5.91 Å². The number of hydrogen-bond acceptors (Lipinski definition) is 3. The lowest BCUT2D eigenvalue weighted by Gasteiger charge is -2.15. The van der Waals surface area contributed by atoms with E-state index in [0.29, 0.717) is 13.0 Å². The summed E-state index contributed by atoms with van der Waals surface area (Å²) in [5, 5.41) is 5.15. The molecule has 0 spiro atoms. The van der Waals surface area contributed by atoms with Gasteiger partial charge in [0.1, 0.15) is 5.58 Å². The standard InChI is InChI=1S/C18H21N3O2/c1-12-5-16-15(11-23-17(16)6-13(12)2)7-18(22)20(3)9-14-8-19-21(4)10-14/h5-6,8,10-11H,7,9H2,1-4H3. The first-order valence-corrected chi connectivity index (χ1v) is 7.63. The maximum atomic E-state index is 12.5. The van der Waals surface area contributed by atoms with Crippen LogP contribution < -0.4 is 0 Å². The van der Waals surface area contributed by atoms with Gasteiger partial charge in [-0.25, -0.2) is 0 Å². The summed E-state index contributed by atoms with van der Waals surface area (Å²) in [6.07, 6.45) is 5.73. The summed E-state index contributed by atoms with van der Waals surface area (Å²) in [5.74, 6) is 0.0646. The Labute approximate surface area is 135 Å². The number of fused-ring (bicyclic) bond motifs is 1. The van der Waals surface area contributed by atoms with Crippen LogP contribution in [-0.4, -0.2) is 27.6 Å². The molecule has 0 N–H and O–H groups in total. The zero-order valence-corrected chi connectivity index (χ0v) is 14.0. The van der Waals surface area contributed by atoms with E-state index in [1.807, 2.05) is 26.4 Å². The van der Waals surface area contributed by atoms with Gasteiger partial charge in [0.05, 0.1) is 18.9 Å². The molecule has 0 unspecified atom stereocenters. The quantitative estimate of drug-likeness (QED) is 0.744. The van der Waals surface area contributed by atoms with Gasteiger partial charge in [-0.1, -0.05) is 0 Å². The van der Waals surface area contributed by atoms with Crippen LogP contribution in [0.5, 0.6) is 0 Å². The van der Waals surface area contributed by atoms with Gasteiger partial charge in [-0.3, -0.25) is 9.48 Å². The number of amides is 1. The van der Waals surface area contributed by atoms with E-state index >= 15 is 0 Å². The lowest BCUT2D eigenvalue weighted by molar-refractivity contribution is -0.129. The second-order valence-corrected chi connectivity index (χ2v) is 6.14. The topological polar surface area (TPSA) is 51.3 Å². The molecule has 0 aliphatic heterocycles. The summed E-state index contributed by atoms with van der Waals surface area (Å²) in [6.45, 7) is 4.69. The van der Waals surface area contributed by atoms with Gasteiger partial charge in [0, 0.05) is 43.4 Å². The molecule has 3 aromatic rings. The van der Waals surface area contributed by atoms with Crippen molar-refractivity contribution in [2.75, 3.05) is 7.05 Å². The van der Waals surface area contributed by atoms with E-state index in [2.05, 4.69) is 25.0 Å². The maximum absolute atomic E-state index is 12.5. The summed E-state index contributed by atoms with van der Waals surface area (Å²) in [7, 11) is 3.68. The summed E-state index contributed by atoms with van der Waals surface area (Å²) in [6, 6.07) is 4.12. The van der Waals surface area contributed by atoms with E-state index < -0.39 is 0 Å². The van der Waals surface area contributed by atoms with Crippen molar-refractivity contribution in [2.45, 2.75) is 26.8 Å². The molecule has 0 saturated carbocycles. The third kappa shape index (κ3) is 3.13. The van der Waals surface area contributed by atoms with E-state index in [0.717, 1.165) is 22.1 Å². The first-order chi connectivity index (χ1) is 10.9. The zero-order chi connectivity index (χ0) is 16.6. The van der Waals surface area contributed by atoms with Gasteiger partial charge in [0.15, 0.2) is 0 Å². The number of nitrogens with zero attached hydrogens (tertiary/aromatic N) is 3. The highest BCUT2D eigenvalue weighted by molar-refractivity contribution is 5.88. The van der Waals surface area contributed by atoms with Gasteiger partial charge in [-0.15, -0.1) is 0 Å². The largest absolute Gasteiger partial charge is 0.464 e. The molecule has 120 valence electrons. The van der Waals surface area contributed by atoms with Crippen molar-refractivity contribution in [1.29, 1.82) is 0 Å². The highest BCUT2D eigenvalue weighted by Gasteiger charge is 2.15. The normalized spacial score (nSPS) is 11.1. The molecule has 0 bridgehead atoms. The summed E-state index contributed by atoms with van der Waals surface area (Å²) in [4.78, 5) is 14.2. The molecule has 23 heavy (non-hydrogen) atoms. The predicted octanol–water partition coefficient (Wildman–Crippen LogP) is 2.98. The third-order valence-electron chi connectivity index (χ3n) is 4.22. The fourth-order valence-electron chi connectivity index (χ4n) is 2.69. The summed E-state index contributed by atoms with van der Waals surface area (Å²) >= 11 is 0. The van der Waals surface area contributed by atoms with Crippen LogP contribution in [0.1, 0.15) is 22.3 Å². The number of carbonyl (C=O) groups excluding carboxylic acids is 1. The molecule has 0 fully saturated rings. The lowest BCUT2D eigenvalue weighted by Crippen LogP contribution is -2.27. The molecule has 0 radical (unpaired) electrons. The molecule has 2 aromatic heterocycles. The van der Waals surface area contributed by atoms with Crippen molar-refractivity contribution >= 4 is 16.9 Å². The molecule has 1 amide bonds. The summed E-state index contributed by atoms with van der Waals surface area (Å²) < 4.78 is 7.34. The maximum Gasteiger partial charge on any atom is 0.227 e. The van der Waals surface area contributed by atoms with Gasteiger partial charge in [-0.05, 0) is 37.1 Å². The second-order valence-electron chi connectivity index (χ2n) is 6.14. The van der Waals surface area contributed by atoms with Crippen molar-refractivity contribution < 1.29 is 9.21 Å². The minimum absolute atomic E-state index is 0.0646. The molecule has 0 aliphatic carbocycles. The van der Waals surface area contributed by atoms with Crippen molar-refractivity contribution in [3.8, 4) is 0 Å². The van der Waals surface area contributed by atoms with Gasteiger partial charge < -0.3 is 9.32 Å². The number of hydrogen-bond donors (Lipinski definition) is 0. The van der Waals surface area contributed by atoms with Gasteiger partial charge >= 0.3 is 0 Å². The Hall–Kier alpha value is -2.56. The number of benzene rings is 1. The Morgan fingerprint density at radius 1 is 1.30 bits per heavy atom. The smallest absolute Gasteiger partial charge is 0.227 e. The summed E-state index contributed by atoms with van der Waals surface area (Å²) in [5.41, 5.74) is 5.19. The van der Waals surface area contributed by atoms with Crippen LogP contribution in [0.4, 0.5) is 0 Å². The van der Waals surface area contributed by atoms with Crippen LogP contribution in [0.3, 0.4) is 0 Å². The molecule has 0 aliphatic rings. The Balaban J connectivity index is 1.76. The van der Waals surface area contributed by atoms with Crippen LogP contribution >= 0.6 is 0 Å². The molecule has 2 heterocycles. The first-order valence-electron chi connectivity index (χ1n) is 7.63. The number of likely N-dealkylation sites (N-methyl/N-ethyl adjacent to an activating group) is 1. The van der Waals surface area contributed by atoms with Crippen LogP contribution in [0.25, 0.3) is 11.0 Å². The first kappa shape index (κ1) is 15.3. The van der Waals surface area contributed by atoms with E-state index in [-0.39, 0.29) is 5.91 Å². The Morgan fingerprint density at radius 3 is 2.74 bits per heavy atom. The van der Waals surface area contributed by atoms with E-state index in [1.165, 1.54) is 11.1 Å². The molecule has 3 rings (SSSR count). The van der Waals surface area contributed by atoms with Crippen LogP contribution in [0, 0.1) is 13.8 Å². The van der Waals surface area contributed by atoms with Crippen LogP contribution in [-0.2, 0) is 24.8 Å². The highest BCUT2D eigenvalue weighted by Crippen LogP contribution is 2.25. The molecule has 5 nitrogen and oxygen atoms in total. The van der Waals surface area contributed by atoms with E-state index in [1.54, 1.807) is 22.0 Å². The third-order valence-corrected chi connectivity index (χ3v) is 4.22. The van der Waals surface area contributed by atoms with Crippen LogP contribution in [0.2, 0.25) is 0 Å². The van der Waals surface area contributed by atoms with Crippen molar-refractivity contribution in [1.82, 2.24) is 14.7 Å². The zero-order valence-electron chi connectivity index (χ0n) is 14.0. The minimum Gasteiger partial charge on any atom is -0.464 e. The number of furan rings is 1. The fraction of sp³-hybridized carbons (Fsp3) is 0.333. The number of carbonyl (C=O) groups is 1. The minimum atomic E-state index is 0.0646. The molecular formula is C18H21N3O2. The fourth-order valence-corrected chi connectivity index (χ4v) is 2.69. The average Bonchev–Trinajstić information content (AvgIpc) is 3.07. The van der Waals surface area contributed by atoms with E-state index in [4.69, 9.17) is 4.42 Å². The number of rotatable bonds is 4. The Bertz CT molecular complexity index is 860. The Kier molecular flexibility index (Phi) is 3.94. The van der Waals surface area contributed by atoms with E-state index in [9.17, 15) is 4.79 Å². The predicted molar refractivity (Wildman–Crippen MR) is 89.1 cm³/mol. The molecular weight excluding hydrogens is 290 g/mol. The average molecular weight is 311 g/mol.